The van der Waals surface area contributed by atoms with Crippen molar-refractivity contribution < 1.29 is 4.92 Å². The molecule has 0 saturated carbocycles. The zero-order valence-electron chi connectivity index (χ0n) is 8.24. The Bertz CT molecular complexity index is 391. The average molecular weight is 271 g/mol. The van der Waals surface area contributed by atoms with E-state index in [2.05, 4.69) is 21.2 Å². The van der Waals surface area contributed by atoms with Crippen LogP contribution in [0.2, 0.25) is 0 Å². The summed E-state index contributed by atoms with van der Waals surface area (Å²) in [7, 11) is 1.84. The molecule has 1 aromatic rings. The first-order valence-electron chi connectivity index (χ1n) is 4.40. The number of benzene rings is 1. The summed E-state index contributed by atoms with van der Waals surface area (Å²) in [4.78, 5) is 10.2. The average Bonchev–Trinajstić information content (AvgIpc) is 2.20. The van der Waals surface area contributed by atoms with Crippen LogP contribution in [0.3, 0.4) is 0 Å². The smallest absolute Gasteiger partial charge is 0.284 e. The van der Waals surface area contributed by atoms with Crippen molar-refractivity contribution in [1.29, 1.82) is 0 Å². The summed E-state index contributed by atoms with van der Waals surface area (Å²) >= 11 is 3.13. The Morgan fingerprint density at radius 1 is 1.60 bits per heavy atom. The van der Waals surface area contributed by atoms with Crippen LogP contribution in [-0.2, 0) is 0 Å². The van der Waals surface area contributed by atoms with Crippen molar-refractivity contribution in [2.24, 2.45) is 0 Å². The van der Waals surface area contributed by atoms with Gasteiger partial charge in [-0.3, -0.25) is 10.1 Å². The van der Waals surface area contributed by atoms with Gasteiger partial charge >= 0.3 is 0 Å². The number of nitro benzene ring substituents is 1. The minimum absolute atomic E-state index is 0.0848. The molecule has 0 atom stereocenters. The maximum atomic E-state index is 10.6. The summed E-state index contributed by atoms with van der Waals surface area (Å²) in [6, 6.07) is 5.04. The van der Waals surface area contributed by atoms with Gasteiger partial charge in [-0.2, -0.15) is 0 Å². The number of halogens is 1. The van der Waals surface area contributed by atoms with Gasteiger partial charge in [0.05, 0.1) is 9.40 Å². The third kappa shape index (κ3) is 3.45. The Balaban J connectivity index is 2.92. The molecule has 0 radical (unpaired) electrons. The highest BCUT2D eigenvalue weighted by Crippen LogP contribution is 2.25. The number of nitro groups is 1. The molecule has 80 valence electrons. The summed E-state index contributed by atoms with van der Waals surface area (Å²) < 4.78 is 0.498. The fraction of sp³-hybridized carbons (Fsp3) is 0.200. The highest BCUT2D eigenvalue weighted by Gasteiger charge is 2.10. The Morgan fingerprint density at radius 3 is 2.93 bits per heavy atom. The quantitative estimate of drug-likeness (QED) is 0.676. The zero-order valence-corrected chi connectivity index (χ0v) is 9.82. The van der Waals surface area contributed by atoms with E-state index in [0.29, 0.717) is 4.47 Å². The molecule has 0 saturated heterocycles. The first-order valence-corrected chi connectivity index (χ1v) is 5.19. The fourth-order valence-corrected chi connectivity index (χ4v) is 1.48. The van der Waals surface area contributed by atoms with Crippen molar-refractivity contribution in [1.82, 2.24) is 5.32 Å². The number of nitrogens with zero attached hydrogens (tertiary/aromatic N) is 1. The van der Waals surface area contributed by atoms with Crippen LogP contribution in [0, 0.1) is 10.1 Å². The SMILES string of the molecule is CNCC=Cc1ccc(Br)c([N+](=O)[O-])c1. The summed E-state index contributed by atoms with van der Waals surface area (Å²) in [5.74, 6) is 0. The molecule has 0 heterocycles. The topological polar surface area (TPSA) is 55.2 Å². The molecule has 0 bridgehead atoms. The van der Waals surface area contributed by atoms with Crippen LogP contribution in [-0.4, -0.2) is 18.5 Å². The van der Waals surface area contributed by atoms with Crippen molar-refractivity contribution in [2.45, 2.75) is 0 Å². The third-order valence-corrected chi connectivity index (χ3v) is 2.47. The highest BCUT2D eigenvalue weighted by molar-refractivity contribution is 9.10. The second-order valence-corrected chi connectivity index (χ2v) is 3.78. The Kier molecular flexibility index (Phi) is 4.45. The van der Waals surface area contributed by atoms with Gasteiger partial charge in [0, 0.05) is 12.6 Å². The highest BCUT2D eigenvalue weighted by atomic mass is 79.9. The van der Waals surface area contributed by atoms with Crippen molar-refractivity contribution in [2.75, 3.05) is 13.6 Å². The van der Waals surface area contributed by atoms with Gasteiger partial charge in [0.15, 0.2) is 0 Å². The molecule has 0 spiro atoms. The van der Waals surface area contributed by atoms with Crippen molar-refractivity contribution in [3.63, 3.8) is 0 Å². The van der Waals surface area contributed by atoms with Crippen LogP contribution in [0.5, 0.6) is 0 Å². The van der Waals surface area contributed by atoms with Crippen molar-refractivity contribution in [3.8, 4) is 0 Å². The van der Waals surface area contributed by atoms with E-state index in [0.717, 1.165) is 12.1 Å². The van der Waals surface area contributed by atoms with E-state index in [4.69, 9.17) is 0 Å². The molecule has 0 amide bonds. The second kappa shape index (κ2) is 5.63. The largest absolute Gasteiger partial charge is 0.316 e. The standard InChI is InChI=1S/C10H11BrN2O2/c1-12-6-2-3-8-4-5-9(11)10(7-8)13(14)15/h2-5,7,12H,6H2,1H3. The van der Waals surface area contributed by atoms with Gasteiger partial charge in [-0.05, 0) is 34.6 Å². The Morgan fingerprint density at radius 2 is 2.33 bits per heavy atom. The van der Waals surface area contributed by atoms with Crippen LogP contribution in [0.1, 0.15) is 5.56 Å². The number of likely N-dealkylation sites (N-methyl/N-ethyl adjacent to an activating group) is 1. The summed E-state index contributed by atoms with van der Waals surface area (Å²) in [5.41, 5.74) is 0.904. The Labute approximate surface area is 96.3 Å². The maximum absolute atomic E-state index is 10.6. The van der Waals surface area contributed by atoms with Gasteiger partial charge < -0.3 is 5.32 Å². The van der Waals surface area contributed by atoms with E-state index in [1.54, 1.807) is 6.07 Å². The predicted molar refractivity (Wildman–Crippen MR) is 63.8 cm³/mol. The Hall–Kier alpha value is -1.20. The van der Waals surface area contributed by atoms with E-state index in [1.807, 2.05) is 25.3 Å². The first kappa shape index (κ1) is 11.9. The lowest BCUT2D eigenvalue weighted by atomic mass is 10.2. The normalized spacial score (nSPS) is 10.8. The van der Waals surface area contributed by atoms with E-state index in [1.165, 1.54) is 6.07 Å². The number of hydrogen-bond acceptors (Lipinski definition) is 3. The lowest BCUT2D eigenvalue weighted by Crippen LogP contribution is -2.03. The summed E-state index contributed by atoms with van der Waals surface area (Å²) in [5, 5.41) is 13.6. The molecule has 15 heavy (non-hydrogen) atoms. The molecule has 5 heteroatoms. The van der Waals surface area contributed by atoms with E-state index in [-0.39, 0.29) is 5.69 Å². The molecule has 0 aliphatic carbocycles. The van der Waals surface area contributed by atoms with Gasteiger partial charge in [-0.15, -0.1) is 0 Å². The molecule has 4 nitrogen and oxygen atoms in total. The molecule has 1 aromatic carbocycles. The molecule has 1 N–H and O–H groups in total. The maximum Gasteiger partial charge on any atom is 0.284 e. The zero-order chi connectivity index (χ0) is 11.3. The van der Waals surface area contributed by atoms with Gasteiger partial charge in [-0.25, -0.2) is 0 Å². The van der Waals surface area contributed by atoms with Crippen molar-refractivity contribution in [3.05, 3.63) is 44.4 Å². The molecular weight excluding hydrogens is 260 g/mol. The van der Waals surface area contributed by atoms with Gasteiger partial charge in [0.25, 0.3) is 5.69 Å². The van der Waals surface area contributed by atoms with E-state index < -0.39 is 4.92 Å². The first-order chi connectivity index (χ1) is 7.15. The third-order valence-electron chi connectivity index (χ3n) is 1.80. The number of rotatable bonds is 4. The molecular formula is C10H11BrN2O2. The monoisotopic (exact) mass is 270 g/mol. The molecule has 0 unspecified atom stereocenters. The molecule has 0 aromatic heterocycles. The summed E-state index contributed by atoms with van der Waals surface area (Å²) in [6.07, 6.45) is 3.75. The predicted octanol–water partition coefficient (Wildman–Crippen LogP) is 2.59. The lowest BCUT2D eigenvalue weighted by Gasteiger charge is -1.97. The van der Waals surface area contributed by atoms with Crippen LogP contribution in [0.15, 0.2) is 28.7 Å². The van der Waals surface area contributed by atoms with Gasteiger partial charge in [0.2, 0.25) is 0 Å². The molecule has 0 fully saturated rings. The fourth-order valence-electron chi connectivity index (χ4n) is 1.09. The minimum atomic E-state index is -0.403. The van der Waals surface area contributed by atoms with Gasteiger partial charge in [-0.1, -0.05) is 18.2 Å². The van der Waals surface area contributed by atoms with Crippen LogP contribution < -0.4 is 5.32 Å². The van der Waals surface area contributed by atoms with E-state index in [9.17, 15) is 10.1 Å². The lowest BCUT2D eigenvalue weighted by molar-refractivity contribution is -0.385. The van der Waals surface area contributed by atoms with Crippen molar-refractivity contribution >= 4 is 27.7 Å². The van der Waals surface area contributed by atoms with Crippen LogP contribution >= 0.6 is 15.9 Å². The van der Waals surface area contributed by atoms with Crippen LogP contribution in [0.4, 0.5) is 5.69 Å². The minimum Gasteiger partial charge on any atom is -0.316 e. The molecule has 0 aliphatic rings. The van der Waals surface area contributed by atoms with E-state index >= 15 is 0 Å². The summed E-state index contributed by atoms with van der Waals surface area (Å²) in [6.45, 7) is 0.740. The molecule has 1 rings (SSSR count). The molecule has 0 aliphatic heterocycles. The number of hydrogen-bond donors (Lipinski definition) is 1. The van der Waals surface area contributed by atoms with Crippen LogP contribution in [0.25, 0.3) is 6.08 Å². The second-order valence-electron chi connectivity index (χ2n) is 2.93. The number of nitrogens with one attached hydrogen (secondary N) is 1. The van der Waals surface area contributed by atoms with Gasteiger partial charge in [0.1, 0.15) is 0 Å².